The lowest BCUT2D eigenvalue weighted by Gasteiger charge is -2.19. The van der Waals surface area contributed by atoms with Gasteiger partial charge in [-0.1, -0.05) is 20.3 Å². The standard InChI is InChI=1S/C14H24N2O2S/c1-5-11(3)12(4)16-19(17,18)14-9-7-13(8-10-14)15-6-2/h7-12,15-16H,5-6H2,1-4H3. The van der Waals surface area contributed by atoms with E-state index >= 15 is 0 Å². The van der Waals surface area contributed by atoms with Gasteiger partial charge in [0.1, 0.15) is 0 Å². The average molecular weight is 284 g/mol. The van der Waals surface area contributed by atoms with Crippen LogP contribution in [0.2, 0.25) is 0 Å². The van der Waals surface area contributed by atoms with E-state index in [4.69, 9.17) is 0 Å². The zero-order valence-corrected chi connectivity index (χ0v) is 12.9. The predicted molar refractivity (Wildman–Crippen MR) is 79.8 cm³/mol. The lowest BCUT2D eigenvalue weighted by atomic mass is 10.0. The van der Waals surface area contributed by atoms with E-state index in [-0.39, 0.29) is 6.04 Å². The molecule has 1 aromatic carbocycles. The third-order valence-electron chi connectivity index (χ3n) is 3.38. The lowest BCUT2D eigenvalue weighted by molar-refractivity contribution is 0.434. The topological polar surface area (TPSA) is 58.2 Å². The fourth-order valence-electron chi connectivity index (χ4n) is 1.74. The SMILES string of the molecule is CCNc1ccc(S(=O)(=O)NC(C)C(C)CC)cc1. The first-order valence-corrected chi connectivity index (χ1v) is 8.25. The van der Waals surface area contributed by atoms with Gasteiger partial charge < -0.3 is 5.32 Å². The molecule has 0 fully saturated rings. The van der Waals surface area contributed by atoms with Crippen LogP contribution in [0.3, 0.4) is 0 Å². The molecule has 0 radical (unpaired) electrons. The third kappa shape index (κ3) is 4.51. The summed E-state index contributed by atoms with van der Waals surface area (Å²) < 4.78 is 27.1. The maximum atomic E-state index is 12.2. The molecule has 2 unspecified atom stereocenters. The number of rotatable bonds is 7. The first-order valence-electron chi connectivity index (χ1n) is 6.77. The Morgan fingerprint density at radius 1 is 1.11 bits per heavy atom. The lowest BCUT2D eigenvalue weighted by Crippen LogP contribution is -2.36. The van der Waals surface area contributed by atoms with E-state index in [0.717, 1.165) is 18.7 Å². The fourth-order valence-corrected chi connectivity index (χ4v) is 3.09. The minimum Gasteiger partial charge on any atom is -0.385 e. The Morgan fingerprint density at radius 3 is 2.16 bits per heavy atom. The molecule has 0 spiro atoms. The zero-order valence-electron chi connectivity index (χ0n) is 12.1. The molecule has 108 valence electrons. The van der Waals surface area contributed by atoms with Crippen molar-refractivity contribution in [2.75, 3.05) is 11.9 Å². The van der Waals surface area contributed by atoms with E-state index in [1.54, 1.807) is 24.3 Å². The van der Waals surface area contributed by atoms with Crippen LogP contribution in [0.5, 0.6) is 0 Å². The van der Waals surface area contributed by atoms with Crippen molar-refractivity contribution in [2.45, 2.75) is 45.1 Å². The zero-order chi connectivity index (χ0) is 14.5. The Labute approximate surface area is 116 Å². The summed E-state index contributed by atoms with van der Waals surface area (Å²) in [6.07, 6.45) is 0.947. The Morgan fingerprint density at radius 2 is 1.68 bits per heavy atom. The summed E-state index contributed by atoms with van der Waals surface area (Å²) >= 11 is 0. The van der Waals surface area contributed by atoms with E-state index < -0.39 is 10.0 Å². The van der Waals surface area contributed by atoms with Crippen LogP contribution in [0, 0.1) is 5.92 Å². The molecule has 2 atom stereocenters. The highest BCUT2D eigenvalue weighted by Crippen LogP contribution is 2.16. The van der Waals surface area contributed by atoms with Gasteiger partial charge in [0.05, 0.1) is 4.90 Å². The van der Waals surface area contributed by atoms with Crippen molar-refractivity contribution in [1.29, 1.82) is 0 Å². The minimum atomic E-state index is -3.42. The molecule has 5 heteroatoms. The van der Waals surface area contributed by atoms with E-state index in [0.29, 0.717) is 10.8 Å². The van der Waals surface area contributed by atoms with Crippen LogP contribution in [0.15, 0.2) is 29.2 Å². The summed E-state index contributed by atoms with van der Waals surface area (Å²) in [7, 11) is -3.42. The number of sulfonamides is 1. The molecule has 19 heavy (non-hydrogen) atoms. The van der Waals surface area contributed by atoms with Crippen LogP contribution in [-0.2, 0) is 10.0 Å². The smallest absolute Gasteiger partial charge is 0.240 e. The molecule has 1 aromatic rings. The predicted octanol–water partition coefficient (Wildman–Crippen LogP) is 2.83. The molecular formula is C14H24N2O2S. The molecule has 0 aliphatic carbocycles. The number of hydrogen-bond acceptors (Lipinski definition) is 3. The summed E-state index contributed by atoms with van der Waals surface area (Å²) in [6, 6.07) is 6.76. The largest absolute Gasteiger partial charge is 0.385 e. The highest BCUT2D eigenvalue weighted by molar-refractivity contribution is 7.89. The molecule has 0 aromatic heterocycles. The first kappa shape index (κ1) is 16.0. The van der Waals surface area contributed by atoms with Crippen molar-refractivity contribution in [3.8, 4) is 0 Å². The second kappa shape index (κ2) is 6.91. The number of anilines is 1. The highest BCUT2D eigenvalue weighted by atomic mass is 32.2. The van der Waals surface area contributed by atoms with E-state index in [1.807, 2.05) is 20.8 Å². The van der Waals surface area contributed by atoms with Crippen molar-refractivity contribution in [1.82, 2.24) is 4.72 Å². The molecule has 0 saturated heterocycles. The van der Waals surface area contributed by atoms with E-state index in [2.05, 4.69) is 17.0 Å². The van der Waals surface area contributed by atoms with Gasteiger partial charge in [0.2, 0.25) is 10.0 Å². The van der Waals surface area contributed by atoms with Gasteiger partial charge in [-0.3, -0.25) is 0 Å². The second-order valence-corrected chi connectivity index (χ2v) is 6.56. The van der Waals surface area contributed by atoms with E-state index in [9.17, 15) is 8.42 Å². The van der Waals surface area contributed by atoms with Crippen molar-refractivity contribution in [2.24, 2.45) is 5.92 Å². The van der Waals surface area contributed by atoms with Crippen LogP contribution in [0.25, 0.3) is 0 Å². The molecular weight excluding hydrogens is 260 g/mol. The summed E-state index contributed by atoms with van der Waals surface area (Å²) in [5.74, 6) is 0.316. The molecule has 0 aliphatic rings. The molecule has 0 saturated carbocycles. The average Bonchev–Trinajstić information content (AvgIpc) is 2.38. The molecule has 0 aliphatic heterocycles. The maximum Gasteiger partial charge on any atom is 0.240 e. The number of nitrogens with one attached hydrogen (secondary N) is 2. The summed E-state index contributed by atoms with van der Waals surface area (Å²) in [5, 5.41) is 3.14. The van der Waals surface area contributed by atoms with Gasteiger partial charge in [0.25, 0.3) is 0 Å². The molecule has 1 rings (SSSR count). The minimum absolute atomic E-state index is 0.0663. The Bertz CT molecular complexity index is 483. The number of hydrogen-bond donors (Lipinski definition) is 2. The molecule has 0 heterocycles. The quantitative estimate of drug-likeness (QED) is 0.809. The van der Waals surface area contributed by atoms with Gasteiger partial charge in [-0.15, -0.1) is 0 Å². The van der Waals surface area contributed by atoms with Crippen LogP contribution < -0.4 is 10.0 Å². The van der Waals surface area contributed by atoms with Gasteiger partial charge in [-0.2, -0.15) is 0 Å². The monoisotopic (exact) mass is 284 g/mol. The van der Waals surface area contributed by atoms with Crippen molar-refractivity contribution in [3.63, 3.8) is 0 Å². The molecule has 0 amide bonds. The number of benzene rings is 1. The normalized spacial score (nSPS) is 14.9. The first-order chi connectivity index (χ1) is 8.90. The summed E-state index contributed by atoms with van der Waals surface area (Å²) in [6.45, 7) is 8.82. The Balaban J connectivity index is 2.82. The molecule has 0 bridgehead atoms. The van der Waals surface area contributed by atoms with Crippen LogP contribution >= 0.6 is 0 Å². The Kier molecular flexibility index (Phi) is 5.82. The van der Waals surface area contributed by atoms with Gasteiger partial charge >= 0.3 is 0 Å². The van der Waals surface area contributed by atoms with Crippen LogP contribution in [-0.4, -0.2) is 21.0 Å². The fraction of sp³-hybridized carbons (Fsp3) is 0.571. The van der Waals surface area contributed by atoms with Gasteiger partial charge in [-0.05, 0) is 44.0 Å². The highest BCUT2D eigenvalue weighted by Gasteiger charge is 2.20. The molecule has 2 N–H and O–H groups in total. The van der Waals surface area contributed by atoms with Gasteiger partial charge in [0, 0.05) is 18.3 Å². The van der Waals surface area contributed by atoms with Crippen molar-refractivity contribution in [3.05, 3.63) is 24.3 Å². The van der Waals surface area contributed by atoms with Crippen molar-refractivity contribution >= 4 is 15.7 Å². The summed E-state index contributed by atoms with van der Waals surface area (Å²) in [4.78, 5) is 0.310. The summed E-state index contributed by atoms with van der Waals surface area (Å²) in [5.41, 5.74) is 0.927. The van der Waals surface area contributed by atoms with Crippen molar-refractivity contribution < 1.29 is 8.42 Å². The second-order valence-electron chi connectivity index (χ2n) is 4.85. The van der Waals surface area contributed by atoms with Gasteiger partial charge in [-0.25, -0.2) is 13.1 Å². The van der Waals surface area contributed by atoms with Crippen LogP contribution in [0.1, 0.15) is 34.1 Å². The van der Waals surface area contributed by atoms with E-state index in [1.165, 1.54) is 0 Å². The molecule has 4 nitrogen and oxygen atoms in total. The maximum absolute atomic E-state index is 12.2. The van der Waals surface area contributed by atoms with Crippen LogP contribution in [0.4, 0.5) is 5.69 Å². The third-order valence-corrected chi connectivity index (χ3v) is 4.96. The Hall–Kier alpha value is -1.07. The van der Waals surface area contributed by atoms with Gasteiger partial charge in [0.15, 0.2) is 0 Å².